The van der Waals surface area contributed by atoms with Crippen LogP contribution in [-0.2, 0) is 6.42 Å². The maximum absolute atomic E-state index is 3.62. The highest BCUT2D eigenvalue weighted by atomic mass is 14.7. The number of H-pyrrole nitrogens is 2. The van der Waals surface area contributed by atoms with Crippen molar-refractivity contribution in [3.63, 3.8) is 0 Å². The van der Waals surface area contributed by atoms with Gasteiger partial charge in [0.15, 0.2) is 0 Å². The zero-order chi connectivity index (χ0) is 16.6. The topological polar surface area (TPSA) is 31.6 Å². The molecular weight excluding hydrogens is 304 g/mol. The Kier molecular flexibility index (Phi) is 3.20. The van der Waals surface area contributed by atoms with Crippen molar-refractivity contribution in [3.8, 4) is 11.3 Å². The number of para-hydroxylation sites is 2. The molecule has 5 rings (SSSR count). The molecule has 2 heteroatoms. The summed E-state index contributed by atoms with van der Waals surface area (Å²) in [7, 11) is 0. The lowest BCUT2D eigenvalue weighted by Gasteiger charge is -2.04. The average Bonchev–Trinajstić information content (AvgIpc) is 3.24. The summed E-state index contributed by atoms with van der Waals surface area (Å²) in [6.45, 7) is 0. The van der Waals surface area contributed by atoms with E-state index in [0.29, 0.717) is 0 Å². The molecular formula is C23H18N2. The van der Waals surface area contributed by atoms with Gasteiger partial charge in [-0.05, 0) is 34.7 Å². The monoisotopic (exact) mass is 322 g/mol. The van der Waals surface area contributed by atoms with Gasteiger partial charge in [-0.3, -0.25) is 0 Å². The average molecular weight is 322 g/mol. The largest absolute Gasteiger partial charge is 0.358 e. The van der Waals surface area contributed by atoms with E-state index in [2.05, 4.69) is 94.9 Å². The van der Waals surface area contributed by atoms with Crippen molar-refractivity contribution in [1.29, 1.82) is 0 Å². The number of fused-ring (bicyclic) bond motifs is 2. The number of benzene rings is 3. The van der Waals surface area contributed by atoms with E-state index in [1.807, 2.05) is 0 Å². The molecule has 0 aliphatic rings. The summed E-state index contributed by atoms with van der Waals surface area (Å²) in [5, 5.41) is 2.55. The van der Waals surface area contributed by atoms with E-state index < -0.39 is 0 Å². The maximum atomic E-state index is 3.62. The van der Waals surface area contributed by atoms with Gasteiger partial charge < -0.3 is 9.97 Å². The van der Waals surface area contributed by atoms with Crippen molar-refractivity contribution in [1.82, 2.24) is 9.97 Å². The van der Waals surface area contributed by atoms with Crippen LogP contribution in [0.3, 0.4) is 0 Å². The van der Waals surface area contributed by atoms with E-state index in [1.165, 1.54) is 44.3 Å². The highest BCUT2D eigenvalue weighted by Gasteiger charge is 2.14. The molecule has 0 bridgehead atoms. The predicted octanol–water partition coefficient (Wildman–Crippen LogP) is 5.91. The lowest BCUT2D eigenvalue weighted by molar-refractivity contribution is 1.13. The molecule has 0 saturated heterocycles. The Morgan fingerprint density at radius 2 is 1.36 bits per heavy atom. The summed E-state index contributed by atoms with van der Waals surface area (Å²) in [5.41, 5.74) is 7.40. The fourth-order valence-electron chi connectivity index (χ4n) is 3.65. The van der Waals surface area contributed by atoms with Crippen LogP contribution >= 0.6 is 0 Å². The number of hydrogen-bond acceptors (Lipinski definition) is 0. The van der Waals surface area contributed by atoms with Gasteiger partial charge in [0.05, 0.1) is 5.69 Å². The quantitative estimate of drug-likeness (QED) is 0.414. The Morgan fingerprint density at radius 1 is 0.640 bits per heavy atom. The van der Waals surface area contributed by atoms with Gasteiger partial charge in [0.2, 0.25) is 0 Å². The summed E-state index contributed by atoms with van der Waals surface area (Å²) in [5.74, 6) is 0. The van der Waals surface area contributed by atoms with Gasteiger partial charge >= 0.3 is 0 Å². The molecule has 0 spiro atoms. The van der Waals surface area contributed by atoms with Gasteiger partial charge in [-0.25, -0.2) is 0 Å². The number of nitrogens with one attached hydrogen (secondary N) is 2. The Hall–Kier alpha value is -3.26. The van der Waals surface area contributed by atoms with Crippen LogP contribution in [0.25, 0.3) is 33.1 Å². The van der Waals surface area contributed by atoms with Gasteiger partial charge in [0.25, 0.3) is 0 Å². The number of aromatic amines is 2. The molecule has 2 heterocycles. The van der Waals surface area contributed by atoms with Crippen LogP contribution in [0, 0.1) is 0 Å². The van der Waals surface area contributed by atoms with E-state index in [-0.39, 0.29) is 0 Å². The normalized spacial score (nSPS) is 11.4. The third-order valence-electron chi connectivity index (χ3n) is 4.83. The summed E-state index contributed by atoms with van der Waals surface area (Å²) >= 11 is 0. The zero-order valence-electron chi connectivity index (χ0n) is 13.8. The molecule has 0 fully saturated rings. The predicted molar refractivity (Wildman–Crippen MR) is 105 cm³/mol. The molecule has 0 radical (unpaired) electrons. The Balaban J connectivity index is 1.68. The molecule has 3 aromatic carbocycles. The molecule has 25 heavy (non-hydrogen) atoms. The van der Waals surface area contributed by atoms with Crippen molar-refractivity contribution >= 4 is 21.8 Å². The van der Waals surface area contributed by atoms with Crippen LogP contribution in [0.5, 0.6) is 0 Å². The van der Waals surface area contributed by atoms with Gasteiger partial charge in [-0.15, -0.1) is 0 Å². The fraction of sp³-hybridized carbons (Fsp3) is 0.0435. The van der Waals surface area contributed by atoms with Gasteiger partial charge in [-0.2, -0.15) is 0 Å². The molecule has 0 saturated carbocycles. The molecule has 2 N–H and O–H groups in total. The molecule has 0 aliphatic heterocycles. The Labute approximate surface area is 146 Å². The minimum absolute atomic E-state index is 0.878. The molecule has 120 valence electrons. The number of aromatic nitrogens is 2. The fourth-order valence-corrected chi connectivity index (χ4v) is 3.65. The van der Waals surface area contributed by atoms with Gasteiger partial charge in [0, 0.05) is 28.5 Å². The lowest BCUT2D eigenvalue weighted by atomic mass is 10.0. The standard InChI is InChI=1S/C23H18N2/c1-2-8-16(9-3-1)23-20(19-11-5-7-13-22(19)25-23)15-18-14-17-10-4-6-12-21(17)24-18/h1-14,24-25H,15H2. The molecule has 2 nitrogen and oxygen atoms in total. The molecule has 0 amide bonds. The van der Waals surface area contributed by atoms with Crippen molar-refractivity contribution in [2.45, 2.75) is 6.42 Å². The van der Waals surface area contributed by atoms with E-state index in [9.17, 15) is 0 Å². The smallest absolute Gasteiger partial charge is 0.0501 e. The third-order valence-corrected chi connectivity index (χ3v) is 4.83. The molecule has 2 aromatic heterocycles. The van der Waals surface area contributed by atoms with Crippen molar-refractivity contribution in [3.05, 3.63) is 96.2 Å². The summed E-state index contributed by atoms with van der Waals surface area (Å²) in [6.07, 6.45) is 0.878. The maximum Gasteiger partial charge on any atom is 0.0501 e. The van der Waals surface area contributed by atoms with E-state index >= 15 is 0 Å². The van der Waals surface area contributed by atoms with Gasteiger partial charge in [0.1, 0.15) is 0 Å². The third kappa shape index (κ3) is 2.43. The second-order valence-electron chi connectivity index (χ2n) is 6.45. The first-order valence-corrected chi connectivity index (χ1v) is 8.60. The molecule has 0 aliphatic carbocycles. The van der Waals surface area contributed by atoms with Crippen LogP contribution in [-0.4, -0.2) is 9.97 Å². The van der Waals surface area contributed by atoms with Crippen LogP contribution in [0.2, 0.25) is 0 Å². The van der Waals surface area contributed by atoms with Gasteiger partial charge in [-0.1, -0.05) is 66.7 Å². The first-order chi connectivity index (χ1) is 12.4. The van der Waals surface area contributed by atoms with Crippen LogP contribution in [0.15, 0.2) is 84.9 Å². The van der Waals surface area contributed by atoms with E-state index in [4.69, 9.17) is 0 Å². The summed E-state index contributed by atoms with van der Waals surface area (Å²) < 4.78 is 0. The highest BCUT2D eigenvalue weighted by molar-refractivity contribution is 5.91. The Morgan fingerprint density at radius 3 is 2.20 bits per heavy atom. The van der Waals surface area contributed by atoms with Crippen LogP contribution in [0.1, 0.15) is 11.3 Å². The first kappa shape index (κ1) is 14.1. The van der Waals surface area contributed by atoms with Crippen molar-refractivity contribution in [2.75, 3.05) is 0 Å². The molecule has 5 aromatic rings. The Bertz CT molecular complexity index is 1130. The van der Waals surface area contributed by atoms with Crippen LogP contribution < -0.4 is 0 Å². The SMILES string of the molecule is c1ccc(-c2[nH]c3ccccc3c2Cc2cc3ccccc3[nH]2)cc1. The molecule has 0 unspecified atom stereocenters. The second-order valence-corrected chi connectivity index (χ2v) is 6.45. The van der Waals surface area contributed by atoms with E-state index in [0.717, 1.165) is 6.42 Å². The number of hydrogen-bond donors (Lipinski definition) is 2. The van der Waals surface area contributed by atoms with Crippen molar-refractivity contribution in [2.24, 2.45) is 0 Å². The lowest BCUT2D eigenvalue weighted by Crippen LogP contribution is -1.90. The zero-order valence-corrected chi connectivity index (χ0v) is 13.8. The summed E-state index contributed by atoms with van der Waals surface area (Å²) in [4.78, 5) is 7.18. The number of rotatable bonds is 3. The van der Waals surface area contributed by atoms with E-state index in [1.54, 1.807) is 0 Å². The highest BCUT2D eigenvalue weighted by Crippen LogP contribution is 2.32. The minimum atomic E-state index is 0.878. The van der Waals surface area contributed by atoms with Crippen LogP contribution in [0.4, 0.5) is 0 Å². The summed E-state index contributed by atoms with van der Waals surface area (Å²) in [6, 6.07) is 29.8. The second kappa shape index (κ2) is 5.67. The molecule has 0 atom stereocenters. The first-order valence-electron chi connectivity index (χ1n) is 8.60. The van der Waals surface area contributed by atoms with Crippen molar-refractivity contribution < 1.29 is 0 Å². The minimum Gasteiger partial charge on any atom is -0.358 e.